The lowest BCUT2D eigenvalue weighted by molar-refractivity contribution is 0.0852. The predicted octanol–water partition coefficient (Wildman–Crippen LogP) is 3.05. The molecule has 0 bridgehead atoms. The normalized spacial score (nSPS) is 14.6. The van der Waals surface area contributed by atoms with Crippen molar-refractivity contribution in [3.63, 3.8) is 0 Å². The molecule has 2 aromatic carbocycles. The number of nitrogens with zero attached hydrogens (tertiary/aromatic N) is 1. The summed E-state index contributed by atoms with van der Waals surface area (Å²) >= 11 is 0. The number of fused-ring (bicyclic) bond motifs is 1. The Bertz CT molecular complexity index is 1120. The van der Waals surface area contributed by atoms with Crippen LogP contribution in [0.3, 0.4) is 0 Å². The molecule has 6 nitrogen and oxygen atoms in total. The average Bonchev–Trinajstić information content (AvgIpc) is 2.99. The number of hydrogen-bond acceptors (Lipinski definition) is 3. The minimum absolute atomic E-state index is 0.126. The van der Waals surface area contributed by atoms with Gasteiger partial charge in [-0.25, -0.2) is 8.78 Å². The molecule has 0 radical (unpaired) electrons. The fourth-order valence-corrected chi connectivity index (χ4v) is 3.53. The highest BCUT2D eigenvalue weighted by Gasteiger charge is 2.26. The van der Waals surface area contributed by atoms with Crippen molar-refractivity contribution in [2.75, 3.05) is 25.5 Å². The number of likely N-dealkylation sites (N-methyl/N-ethyl adjacent to an activating group) is 1. The second-order valence-corrected chi connectivity index (χ2v) is 7.36. The molecule has 0 atom stereocenters. The highest BCUT2D eigenvalue weighted by atomic mass is 19.1. The van der Waals surface area contributed by atoms with Gasteiger partial charge in [0.05, 0.1) is 11.7 Å². The Hall–Kier alpha value is -3.26. The first-order chi connectivity index (χ1) is 13.8. The molecule has 2 amide bonds. The van der Waals surface area contributed by atoms with Crippen LogP contribution in [0.4, 0.5) is 14.5 Å². The summed E-state index contributed by atoms with van der Waals surface area (Å²) in [6.07, 6.45) is 0. The van der Waals surface area contributed by atoms with Gasteiger partial charge < -0.3 is 20.5 Å². The van der Waals surface area contributed by atoms with Gasteiger partial charge in [-0.1, -0.05) is 0 Å². The van der Waals surface area contributed by atoms with Crippen molar-refractivity contribution in [2.24, 2.45) is 0 Å². The summed E-state index contributed by atoms with van der Waals surface area (Å²) in [6.45, 7) is 3.42. The zero-order valence-electron chi connectivity index (χ0n) is 16.0. The van der Waals surface area contributed by atoms with E-state index in [9.17, 15) is 18.4 Å². The molecule has 150 valence electrons. The third kappa shape index (κ3) is 3.71. The monoisotopic (exact) mass is 398 g/mol. The van der Waals surface area contributed by atoms with E-state index in [1.807, 2.05) is 7.05 Å². The number of aryl methyl sites for hydroxylation is 1. The van der Waals surface area contributed by atoms with Crippen LogP contribution in [0.15, 0.2) is 36.4 Å². The van der Waals surface area contributed by atoms with Crippen LogP contribution in [-0.2, 0) is 0 Å². The van der Waals surface area contributed by atoms with Crippen molar-refractivity contribution in [3.05, 3.63) is 64.9 Å². The highest BCUT2D eigenvalue weighted by molar-refractivity contribution is 6.08. The number of anilines is 1. The Labute approximate surface area is 165 Å². The maximum absolute atomic E-state index is 13.8. The van der Waals surface area contributed by atoms with Crippen LogP contribution in [0, 0.1) is 18.6 Å². The lowest BCUT2D eigenvalue weighted by atomic mass is 10.1. The number of rotatable bonds is 4. The van der Waals surface area contributed by atoms with Crippen LogP contribution in [0.1, 0.15) is 26.4 Å². The van der Waals surface area contributed by atoms with Crippen LogP contribution < -0.4 is 10.6 Å². The number of H-pyrrole nitrogens is 1. The van der Waals surface area contributed by atoms with Crippen LogP contribution >= 0.6 is 0 Å². The number of halogens is 2. The summed E-state index contributed by atoms with van der Waals surface area (Å²) in [5.41, 5.74) is 1.93. The Morgan fingerprint density at radius 2 is 1.86 bits per heavy atom. The molecule has 0 aliphatic carbocycles. The third-order valence-corrected chi connectivity index (χ3v) is 5.12. The Balaban J connectivity index is 1.57. The number of aromatic nitrogens is 1. The van der Waals surface area contributed by atoms with Gasteiger partial charge in [0.1, 0.15) is 17.3 Å². The summed E-state index contributed by atoms with van der Waals surface area (Å²) in [6, 6.07) is 7.86. The lowest BCUT2D eigenvalue weighted by Crippen LogP contribution is -2.57. The van der Waals surface area contributed by atoms with Gasteiger partial charge in [-0.05, 0) is 49.9 Å². The first-order valence-electron chi connectivity index (χ1n) is 9.20. The lowest BCUT2D eigenvalue weighted by Gasteiger charge is -2.36. The molecule has 1 fully saturated rings. The largest absolute Gasteiger partial charge is 0.350 e. The number of likely N-dealkylation sites (tertiary alicyclic amines) is 1. The van der Waals surface area contributed by atoms with E-state index in [0.29, 0.717) is 16.6 Å². The molecule has 3 N–H and O–H groups in total. The van der Waals surface area contributed by atoms with E-state index < -0.39 is 17.5 Å². The Kier molecular flexibility index (Phi) is 4.79. The van der Waals surface area contributed by atoms with Gasteiger partial charge in [-0.3, -0.25) is 9.59 Å². The van der Waals surface area contributed by atoms with E-state index in [4.69, 9.17) is 0 Å². The van der Waals surface area contributed by atoms with Gasteiger partial charge in [0.25, 0.3) is 11.8 Å². The van der Waals surface area contributed by atoms with Crippen molar-refractivity contribution in [2.45, 2.75) is 13.0 Å². The Morgan fingerprint density at radius 3 is 2.59 bits per heavy atom. The topological polar surface area (TPSA) is 77.2 Å². The second-order valence-electron chi connectivity index (χ2n) is 7.36. The van der Waals surface area contributed by atoms with Gasteiger partial charge in [0, 0.05) is 35.6 Å². The molecule has 4 rings (SSSR count). The maximum Gasteiger partial charge on any atom is 0.268 e. The molecule has 0 unspecified atom stereocenters. The molecule has 0 saturated carbocycles. The second kappa shape index (κ2) is 7.29. The maximum atomic E-state index is 13.8. The number of nitrogens with one attached hydrogen (secondary N) is 3. The minimum Gasteiger partial charge on any atom is -0.350 e. The zero-order valence-corrected chi connectivity index (χ0v) is 16.0. The molecule has 3 aromatic rings. The molecule has 1 aliphatic heterocycles. The number of aromatic amines is 1. The summed E-state index contributed by atoms with van der Waals surface area (Å²) in [4.78, 5) is 30.3. The van der Waals surface area contributed by atoms with E-state index in [-0.39, 0.29) is 23.2 Å². The van der Waals surface area contributed by atoms with Crippen molar-refractivity contribution >= 4 is 28.4 Å². The minimum atomic E-state index is -0.723. The number of hydrogen-bond donors (Lipinski definition) is 3. The first-order valence-corrected chi connectivity index (χ1v) is 9.20. The van der Waals surface area contributed by atoms with Crippen molar-refractivity contribution in [1.29, 1.82) is 0 Å². The smallest absolute Gasteiger partial charge is 0.268 e. The Morgan fingerprint density at radius 1 is 1.10 bits per heavy atom. The van der Waals surface area contributed by atoms with E-state index >= 15 is 0 Å². The molecule has 29 heavy (non-hydrogen) atoms. The van der Waals surface area contributed by atoms with Gasteiger partial charge in [-0.15, -0.1) is 0 Å². The summed E-state index contributed by atoms with van der Waals surface area (Å²) in [5.74, 6) is -2.13. The van der Waals surface area contributed by atoms with E-state index in [2.05, 4.69) is 20.5 Å². The number of benzene rings is 2. The van der Waals surface area contributed by atoms with Crippen LogP contribution in [0.2, 0.25) is 0 Å². The fourth-order valence-electron chi connectivity index (χ4n) is 3.53. The van der Waals surface area contributed by atoms with Crippen molar-refractivity contribution in [1.82, 2.24) is 15.2 Å². The quantitative estimate of drug-likeness (QED) is 0.632. The molecule has 0 spiro atoms. The van der Waals surface area contributed by atoms with Crippen LogP contribution in [-0.4, -0.2) is 47.9 Å². The van der Waals surface area contributed by atoms with Gasteiger partial charge in [-0.2, -0.15) is 0 Å². The van der Waals surface area contributed by atoms with Crippen LogP contribution in [0.25, 0.3) is 10.9 Å². The standard InChI is InChI=1S/C21H20F2N4O2/c1-11-15-7-12(20(28)26-18-8-13(22)4-5-16(18)23)3-6-17(15)25-19(11)21(29)24-14-9-27(2)10-14/h3-8,14,25H,9-10H2,1-2H3,(H,24,29)(H,26,28). The fraction of sp³-hybridized carbons (Fsp3) is 0.238. The SMILES string of the molecule is Cc1c(C(=O)NC2CN(C)C2)[nH]c2ccc(C(=O)Nc3cc(F)ccc3F)cc12. The number of carbonyl (C=O) groups excluding carboxylic acids is 2. The molecule has 1 saturated heterocycles. The van der Waals surface area contributed by atoms with Gasteiger partial charge in [0.2, 0.25) is 0 Å². The van der Waals surface area contributed by atoms with Crippen molar-refractivity contribution < 1.29 is 18.4 Å². The summed E-state index contributed by atoms with van der Waals surface area (Å²) in [5, 5.41) is 6.07. The van der Waals surface area contributed by atoms with E-state index in [1.165, 1.54) is 0 Å². The van der Waals surface area contributed by atoms with Crippen molar-refractivity contribution in [3.8, 4) is 0 Å². The number of carbonyl (C=O) groups is 2. The summed E-state index contributed by atoms with van der Waals surface area (Å²) in [7, 11) is 1.99. The molecule has 1 aliphatic rings. The molecule has 8 heteroatoms. The van der Waals surface area contributed by atoms with E-state index in [1.54, 1.807) is 25.1 Å². The third-order valence-electron chi connectivity index (χ3n) is 5.12. The zero-order chi connectivity index (χ0) is 20.7. The van der Waals surface area contributed by atoms with Gasteiger partial charge >= 0.3 is 0 Å². The molecule has 1 aromatic heterocycles. The van der Waals surface area contributed by atoms with E-state index in [0.717, 1.165) is 36.9 Å². The number of amides is 2. The molecular weight excluding hydrogens is 378 g/mol. The average molecular weight is 398 g/mol. The van der Waals surface area contributed by atoms with Crippen LogP contribution in [0.5, 0.6) is 0 Å². The highest BCUT2D eigenvalue weighted by Crippen LogP contribution is 2.24. The molecular formula is C21H20F2N4O2. The first kappa shape index (κ1) is 19.1. The molecule has 2 heterocycles. The predicted molar refractivity (Wildman–Crippen MR) is 106 cm³/mol. The van der Waals surface area contributed by atoms with Gasteiger partial charge in [0.15, 0.2) is 0 Å². The summed E-state index contributed by atoms with van der Waals surface area (Å²) < 4.78 is 27.1.